The summed E-state index contributed by atoms with van der Waals surface area (Å²) in [6, 6.07) is 6.75. The van der Waals surface area contributed by atoms with Crippen LogP contribution in [0.15, 0.2) is 35.2 Å². The van der Waals surface area contributed by atoms with Gasteiger partial charge in [-0.1, -0.05) is 43.5 Å². The molecule has 2 aliphatic rings. The van der Waals surface area contributed by atoms with Gasteiger partial charge in [0.1, 0.15) is 0 Å². The lowest BCUT2D eigenvalue weighted by molar-refractivity contribution is 0.0990. The number of rotatable bonds is 2. The second-order valence-electron chi connectivity index (χ2n) is 5.30. The Morgan fingerprint density at radius 2 is 1.60 bits per heavy atom. The first-order valence-corrected chi connectivity index (χ1v) is 8.20. The number of allylic oxidation sites excluding steroid dienone is 2. The third kappa shape index (κ3) is 2.29. The van der Waals surface area contributed by atoms with Crippen LogP contribution in [0.5, 0.6) is 0 Å². The van der Waals surface area contributed by atoms with Crippen LogP contribution >= 0.6 is 0 Å². The molecule has 4 heteroatoms. The first kappa shape index (κ1) is 13.4. The maximum absolute atomic E-state index is 12.6. The van der Waals surface area contributed by atoms with E-state index in [2.05, 4.69) is 0 Å². The first-order chi connectivity index (χ1) is 9.68. The van der Waals surface area contributed by atoms with Gasteiger partial charge in [-0.3, -0.25) is 13.8 Å². The van der Waals surface area contributed by atoms with Crippen molar-refractivity contribution >= 4 is 22.4 Å². The first-order valence-electron chi connectivity index (χ1n) is 6.99. The van der Waals surface area contributed by atoms with Gasteiger partial charge in [-0.25, -0.2) is 0 Å². The van der Waals surface area contributed by atoms with E-state index in [0.717, 1.165) is 25.7 Å². The third-order valence-corrected chi connectivity index (χ3v) is 5.81. The largest absolute Gasteiger partial charge is 0.289 e. The summed E-state index contributed by atoms with van der Waals surface area (Å²) in [6.07, 6.45) is 6.34. The highest BCUT2D eigenvalue weighted by molar-refractivity contribution is 7.90. The predicted octanol–water partition coefficient (Wildman–Crippen LogP) is 3.03. The van der Waals surface area contributed by atoms with Crippen LogP contribution in [-0.4, -0.2) is 21.0 Å². The summed E-state index contributed by atoms with van der Waals surface area (Å²) in [5.41, 5.74) is 0.807. The molecule has 3 rings (SSSR count). The fourth-order valence-corrected chi connectivity index (χ4v) is 4.54. The molecule has 2 aliphatic carbocycles. The van der Waals surface area contributed by atoms with Crippen molar-refractivity contribution in [1.82, 2.24) is 0 Å². The number of fused-ring (bicyclic) bond motifs is 1. The van der Waals surface area contributed by atoms with Gasteiger partial charge in [-0.15, -0.1) is 0 Å². The third-order valence-electron chi connectivity index (χ3n) is 3.99. The average molecular weight is 288 g/mol. The minimum atomic E-state index is -1.36. The Balaban J connectivity index is 1.93. The van der Waals surface area contributed by atoms with E-state index < -0.39 is 10.8 Å². The van der Waals surface area contributed by atoms with Crippen molar-refractivity contribution in [2.75, 3.05) is 0 Å². The molecule has 1 fully saturated rings. The van der Waals surface area contributed by atoms with E-state index in [-0.39, 0.29) is 21.7 Å². The lowest BCUT2D eigenvalue weighted by atomic mass is 9.95. The molecule has 0 aliphatic heterocycles. The number of hydrogen-bond donors (Lipinski definition) is 0. The molecular formula is C16H16O3S. The minimum Gasteiger partial charge on any atom is -0.289 e. The maximum Gasteiger partial charge on any atom is 0.202 e. The average Bonchev–Trinajstić information content (AvgIpc) is 2.51. The molecular weight excluding hydrogens is 272 g/mol. The van der Waals surface area contributed by atoms with Crippen molar-refractivity contribution in [3.05, 3.63) is 46.4 Å². The van der Waals surface area contributed by atoms with Crippen molar-refractivity contribution < 1.29 is 13.8 Å². The zero-order chi connectivity index (χ0) is 14.1. The zero-order valence-corrected chi connectivity index (χ0v) is 11.9. The van der Waals surface area contributed by atoms with Crippen LogP contribution in [0.4, 0.5) is 0 Å². The lowest BCUT2D eigenvalue weighted by Crippen LogP contribution is -2.26. The number of carbonyl (C=O) groups is 2. The molecule has 3 nitrogen and oxygen atoms in total. The quantitative estimate of drug-likeness (QED) is 0.840. The molecule has 104 valence electrons. The van der Waals surface area contributed by atoms with Crippen LogP contribution in [0.2, 0.25) is 0 Å². The van der Waals surface area contributed by atoms with Gasteiger partial charge in [0.05, 0.1) is 15.7 Å². The Morgan fingerprint density at radius 3 is 2.30 bits per heavy atom. The van der Waals surface area contributed by atoms with Gasteiger partial charge < -0.3 is 0 Å². The van der Waals surface area contributed by atoms with Crippen molar-refractivity contribution in [1.29, 1.82) is 0 Å². The van der Waals surface area contributed by atoms with Crippen LogP contribution in [0, 0.1) is 0 Å². The topological polar surface area (TPSA) is 51.2 Å². The van der Waals surface area contributed by atoms with Crippen LogP contribution in [0.3, 0.4) is 0 Å². The summed E-state index contributed by atoms with van der Waals surface area (Å²) in [5.74, 6) is -0.455. The zero-order valence-electron chi connectivity index (χ0n) is 11.1. The fourth-order valence-electron chi connectivity index (χ4n) is 2.90. The van der Waals surface area contributed by atoms with E-state index in [1.165, 1.54) is 12.5 Å². The van der Waals surface area contributed by atoms with Crippen molar-refractivity contribution in [3.8, 4) is 0 Å². The molecule has 1 atom stereocenters. The number of hydrogen-bond acceptors (Lipinski definition) is 3. The summed E-state index contributed by atoms with van der Waals surface area (Å²) >= 11 is 0. The molecule has 0 saturated heterocycles. The Hall–Kier alpha value is -1.55. The number of ketones is 2. The fraction of sp³-hybridized carbons (Fsp3) is 0.375. The molecule has 0 N–H and O–H groups in total. The number of benzene rings is 1. The molecule has 0 heterocycles. The van der Waals surface area contributed by atoms with Crippen LogP contribution < -0.4 is 0 Å². The van der Waals surface area contributed by atoms with Gasteiger partial charge in [0.2, 0.25) is 5.78 Å². The SMILES string of the molecule is O=C1C=C(S(=O)C2CCCCC2)C(=O)c2ccccc21. The molecule has 0 aromatic heterocycles. The number of carbonyl (C=O) groups excluding carboxylic acids is 2. The Bertz CT molecular complexity index is 624. The van der Waals surface area contributed by atoms with E-state index in [1.54, 1.807) is 24.3 Å². The highest BCUT2D eigenvalue weighted by Gasteiger charge is 2.32. The van der Waals surface area contributed by atoms with Gasteiger partial charge in [-0.2, -0.15) is 0 Å². The molecule has 0 radical (unpaired) electrons. The van der Waals surface area contributed by atoms with Gasteiger partial charge in [-0.05, 0) is 12.8 Å². The predicted molar refractivity (Wildman–Crippen MR) is 78.2 cm³/mol. The van der Waals surface area contributed by atoms with E-state index in [0.29, 0.717) is 11.1 Å². The van der Waals surface area contributed by atoms with E-state index in [9.17, 15) is 13.8 Å². The maximum atomic E-state index is 12.6. The molecule has 0 spiro atoms. The summed E-state index contributed by atoms with van der Waals surface area (Å²) in [7, 11) is -1.36. The van der Waals surface area contributed by atoms with Crippen molar-refractivity contribution in [2.45, 2.75) is 37.4 Å². The lowest BCUT2D eigenvalue weighted by Gasteiger charge is -2.23. The highest BCUT2D eigenvalue weighted by atomic mass is 32.2. The molecule has 20 heavy (non-hydrogen) atoms. The van der Waals surface area contributed by atoms with Gasteiger partial charge in [0, 0.05) is 22.5 Å². The van der Waals surface area contributed by atoms with E-state index in [1.807, 2.05) is 0 Å². The van der Waals surface area contributed by atoms with E-state index in [4.69, 9.17) is 0 Å². The molecule has 0 amide bonds. The standard InChI is InChI=1S/C16H16O3S/c17-14-10-15(20(19)11-6-2-1-3-7-11)16(18)13-9-5-4-8-12(13)14/h4-5,8-11H,1-3,6-7H2. The number of Topliss-reactive ketones (excluding diaryl/α,β-unsaturated/α-hetero) is 1. The molecule has 1 saturated carbocycles. The van der Waals surface area contributed by atoms with Crippen LogP contribution in [-0.2, 0) is 10.8 Å². The van der Waals surface area contributed by atoms with Gasteiger partial charge in [0.15, 0.2) is 5.78 Å². The van der Waals surface area contributed by atoms with Crippen molar-refractivity contribution in [2.24, 2.45) is 0 Å². The summed E-state index contributed by atoms with van der Waals surface area (Å²) < 4.78 is 12.6. The second-order valence-corrected chi connectivity index (χ2v) is 7.01. The van der Waals surface area contributed by atoms with Crippen LogP contribution in [0.1, 0.15) is 52.8 Å². The molecule has 1 aromatic carbocycles. The summed E-state index contributed by atoms with van der Waals surface area (Å²) in [6.45, 7) is 0. The second kappa shape index (κ2) is 5.44. The minimum absolute atomic E-state index is 0.0250. The van der Waals surface area contributed by atoms with E-state index >= 15 is 0 Å². The monoisotopic (exact) mass is 288 g/mol. The molecule has 1 unspecified atom stereocenters. The molecule has 1 aromatic rings. The molecule has 0 bridgehead atoms. The van der Waals surface area contributed by atoms with Crippen molar-refractivity contribution in [3.63, 3.8) is 0 Å². The Kier molecular flexibility index (Phi) is 3.66. The summed E-state index contributed by atoms with van der Waals surface area (Å²) in [4.78, 5) is 24.7. The smallest absolute Gasteiger partial charge is 0.202 e. The summed E-state index contributed by atoms with van der Waals surface area (Å²) in [5, 5.41) is 0.0250. The highest BCUT2D eigenvalue weighted by Crippen LogP contribution is 2.29. The van der Waals surface area contributed by atoms with Gasteiger partial charge >= 0.3 is 0 Å². The Labute approximate surface area is 120 Å². The van der Waals surface area contributed by atoms with Crippen LogP contribution in [0.25, 0.3) is 0 Å². The normalized spacial score (nSPS) is 21.3. The Morgan fingerprint density at radius 1 is 0.950 bits per heavy atom. The van der Waals surface area contributed by atoms with Gasteiger partial charge in [0.25, 0.3) is 0 Å².